The number of aliphatic hydroxyl groups is 2. The summed E-state index contributed by atoms with van der Waals surface area (Å²) in [5.74, 6) is -1.95. The lowest BCUT2D eigenvalue weighted by Gasteiger charge is -2.63. The van der Waals surface area contributed by atoms with E-state index in [1.54, 1.807) is 6.92 Å². The van der Waals surface area contributed by atoms with Gasteiger partial charge in [-0.3, -0.25) is 9.59 Å². The molecule has 9 atom stereocenters. The molecule has 5 aliphatic rings. The molecule has 0 bridgehead atoms. The van der Waals surface area contributed by atoms with Crippen LogP contribution < -0.4 is 4.90 Å². The monoisotopic (exact) mass is 527 g/mol. The van der Waals surface area contributed by atoms with Gasteiger partial charge in [-0.25, -0.2) is 8.78 Å². The number of hydrogen-bond donors (Lipinski definition) is 2. The van der Waals surface area contributed by atoms with E-state index in [1.165, 1.54) is 18.2 Å². The first kappa shape index (κ1) is 27.2. The Kier molecular flexibility index (Phi) is 6.50. The topological polar surface area (TPSA) is 77.8 Å². The molecule has 1 saturated heterocycles. The number of aliphatic hydroxyl groups excluding tert-OH is 2. The van der Waals surface area contributed by atoms with E-state index in [-0.39, 0.29) is 41.8 Å². The van der Waals surface area contributed by atoms with Crippen LogP contribution >= 0.6 is 0 Å². The van der Waals surface area contributed by atoms with E-state index in [0.29, 0.717) is 19.5 Å². The van der Waals surface area contributed by atoms with Crippen molar-refractivity contribution >= 4 is 17.3 Å². The van der Waals surface area contributed by atoms with Gasteiger partial charge in [-0.2, -0.15) is 0 Å². The Bertz CT molecular complexity index is 1190. The number of halogens is 2. The minimum atomic E-state index is -2.16. The maximum atomic E-state index is 17.4. The third-order valence-corrected chi connectivity index (χ3v) is 10.9. The van der Waals surface area contributed by atoms with Crippen molar-refractivity contribution in [3.63, 3.8) is 0 Å². The van der Waals surface area contributed by atoms with Crippen molar-refractivity contribution in [1.29, 1.82) is 0 Å². The summed E-state index contributed by atoms with van der Waals surface area (Å²) in [7, 11) is 0. The van der Waals surface area contributed by atoms with Crippen molar-refractivity contribution in [1.82, 2.24) is 0 Å². The number of para-hydroxylation sites is 1. The van der Waals surface area contributed by atoms with Gasteiger partial charge in [0.25, 0.3) is 0 Å². The normalized spacial score (nSPS) is 44.7. The standard InChI is InChI=1S/C29H33F2NO4.C2H6/c1-26-9-8-19(34)11-22(26)23(30)12-21-20-10-17-14-32(18-6-4-3-5-7-18)16-28(17,25(36)15-33)27(20,2)13-24(35)29(21,26)31;1-2/h3-9,11,17,20-21,23-24,33,35H,10,12-16H2,1-2H3;1-2H3/t17-,20-,21-,23-,24-,26-,27-,28+,29-;/m0./s1. The van der Waals surface area contributed by atoms with Gasteiger partial charge in [-0.15, -0.1) is 0 Å². The van der Waals surface area contributed by atoms with E-state index in [4.69, 9.17) is 0 Å². The number of rotatable bonds is 3. The predicted molar refractivity (Wildman–Crippen MR) is 142 cm³/mol. The molecule has 2 N–H and O–H groups in total. The summed E-state index contributed by atoms with van der Waals surface area (Å²) in [4.78, 5) is 27.8. The minimum Gasteiger partial charge on any atom is -0.390 e. The molecular formula is C31H39F2NO4. The van der Waals surface area contributed by atoms with E-state index in [1.807, 2.05) is 51.1 Å². The molecule has 4 fully saturated rings. The highest BCUT2D eigenvalue weighted by molar-refractivity contribution is 6.01. The molecule has 4 aliphatic carbocycles. The van der Waals surface area contributed by atoms with E-state index in [9.17, 15) is 19.8 Å². The molecule has 1 aromatic carbocycles. The molecular weight excluding hydrogens is 488 g/mol. The zero-order chi connectivity index (χ0) is 27.7. The van der Waals surface area contributed by atoms with Crippen LogP contribution in [0.2, 0.25) is 0 Å². The molecule has 0 unspecified atom stereocenters. The number of fused-ring (bicyclic) bond motifs is 7. The number of allylic oxidation sites excluding steroid dienone is 4. The Labute approximate surface area is 223 Å². The Morgan fingerprint density at radius 2 is 1.82 bits per heavy atom. The van der Waals surface area contributed by atoms with Crippen molar-refractivity contribution in [2.75, 3.05) is 24.6 Å². The predicted octanol–water partition coefficient (Wildman–Crippen LogP) is 4.63. The smallest absolute Gasteiger partial charge is 0.178 e. The maximum Gasteiger partial charge on any atom is 0.178 e. The zero-order valence-electron chi connectivity index (χ0n) is 22.7. The van der Waals surface area contributed by atoms with E-state index >= 15 is 8.78 Å². The van der Waals surface area contributed by atoms with Gasteiger partial charge in [-0.1, -0.05) is 45.0 Å². The van der Waals surface area contributed by atoms with Crippen LogP contribution in [0.1, 0.15) is 47.0 Å². The summed E-state index contributed by atoms with van der Waals surface area (Å²) in [6.07, 6.45) is 1.40. The fourth-order valence-corrected chi connectivity index (χ4v) is 9.26. The molecule has 0 radical (unpaired) electrons. The number of alkyl halides is 2. The van der Waals surface area contributed by atoms with Crippen LogP contribution in [0.25, 0.3) is 0 Å². The number of ketones is 2. The van der Waals surface area contributed by atoms with E-state index in [2.05, 4.69) is 4.90 Å². The lowest BCUT2D eigenvalue weighted by Crippen LogP contribution is -2.69. The van der Waals surface area contributed by atoms with Gasteiger partial charge in [0, 0.05) is 30.1 Å². The van der Waals surface area contributed by atoms with Crippen molar-refractivity contribution < 1.29 is 28.6 Å². The number of hydrogen-bond acceptors (Lipinski definition) is 5. The molecule has 6 rings (SSSR count). The van der Waals surface area contributed by atoms with Gasteiger partial charge < -0.3 is 15.1 Å². The molecule has 5 nitrogen and oxygen atoms in total. The first-order valence-corrected chi connectivity index (χ1v) is 13.9. The van der Waals surface area contributed by atoms with Crippen LogP contribution in [0.5, 0.6) is 0 Å². The van der Waals surface area contributed by atoms with Gasteiger partial charge >= 0.3 is 0 Å². The van der Waals surface area contributed by atoms with E-state index in [0.717, 1.165) is 5.69 Å². The molecule has 3 saturated carbocycles. The Balaban J connectivity index is 0.00000144. The third-order valence-electron chi connectivity index (χ3n) is 10.9. The Morgan fingerprint density at radius 1 is 1.13 bits per heavy atom. The molecule has 38 heavy (non-hydrogen) atoms. The second-order valence-electron chi connectivity index (χ2n) is 12.1. The average Bonchev–Trinajstić information content (AvgIpc) is 3.42. The van der Waals surface area contributed by atoms with Crippen LogP contribution in [0.4, 0.5) is 14.5 Å². The van der Waals surface area contributed by atoms with Gasteiger partial charge in [0.1, 0.15) is 12.8 Å². The molecule has 0 spiro atoms. The van der Waals surface area contributed by atoms with Crippen molar-refractivity contribution in [3.8, 4) is 0 Å². The number of carbonyl (C=O) groups excluding carboxylic acids is 2. The molecule has 1 aromatic rings. The summed E-state index contributed by atoms with van der Waals surface area (Å²) in [6, 6.07) is 9.78. The first-order chi connectivity index (χ1) is 18.0. The van der Waals surface area contributed by atoms with Crippen LogP contribution in [0, 0.1) is 34.0 Å². The fraction of sp³-hybridized carbons (Fsp3) is 0.613. The van der Waals surface area contributed by atoms with Crippen LogP contribution in [0.15, 0.2) is 54.1 Å². The fourth-order valence-electron chi connectivity index (χ4n) is 9.26. The van der Waals surface area contributed by atoms with Crippen LogP contribution in [-0.2, 0) is 9.59 Å². The molecule has 1 aliphatic heterocycles. The van der Waals surface area contributed by atoms with Gasteiger partial charge in [0.2, 0.25) is 0 Å². The lowest BCUT2D eigenvalue weighted by atomic mass is 9.43. The molecule has 1 heterocycles. The maximum absolute atomic E-state index is 17.4. The van der Waals surface area contributed by atoms with Gasteiger partial charge in [0.05, 0.1) is 11.5 Å². The molecule has 0 amide bonds. The Morgan fingerprint density at radius 3 is 2.47 bits per heavy atom. The highest BCUT2D eigenvalue weighted by Gasteiger charge is 2.78. The average molecular weight is 528 g/mol. The first-order valence-electron chi connectivity index (χ1n) is 13.9. The third kappa shape index (κ3) is 3.21. The summed E-state index contributed by atoms with van der Waals surface area (Å²) in [6.45, 7) is 7.88. The summed E-state index contributed by atoms with van der Waals surface area (Å²) in [5, 5.41) is 21.7. The SMILES string of the molecule is CC.C[C@]12C=CC(=O)C=C1[C@@H](F)C[C@H]1[C@@H]3C[C@H]4CN(c5ccccc5)C[C@@]4(C(=O)CO)[C@@]3(C)C[C@H](O)[C@@]12F. The van der Waals surface area contributed by atoms with Crippen molar-refractivity contribution in [2.45, 2.75) is 64.9 Å². The van der Waals surface area contributed by atoms with Gasteiger partial charge in [-0.05, 0) is 73.3 Å². The summed E-state index contributed by atoms with van der Waals surface area (Å²) >= 11 is 0. The van der Waals surface area contributed by atoms with E-state index < -0.39 is 46.7 Å². The number of benzene rings is 1. The number of Topliss-reactive ketones (excluding diaryl/α,β-unsaturated/α-hetero) is 1. The lowest BCUT2D eigenvalue weighted by molar-refractivity contribution is -0.210. The van der Waals surface area contributed by atoms with Crippen LogP contribution in [0.3, 0.4) is 0 Å². The largest absolute Gasteiger partial charge is 0.390 e. The number of anilines is 1. The molecule has 206 valence electrons. The highest BCUT2D eigenvalue weighted by Crippen LogP contribution is 2.74. The molecule has 0 aromatic heterocycles. The van der Waals surface area contributed by atoms with Crippen molar-refractivity contribution in [3.05, 3.63) is 54.1 Å². The highest BCUT2D eigenvalue weighted by atomic mass is 19.1. The summed E-state index contributed by atoms with van der Waals surface area (Å²) in [5.41, 5.74) is -4.30. The minimum absolute atomic E-state index is 0.0388. The number of carbonyl (C=O) groups is 2. The Hall–Kier alpha value is -2.38. The number of nitrogens with zero attached hydrogens (tertiary/aromatic N) is 1. The molecule has 7 heteroatoms. The second-order valence-corrected chi connectivity index (χ2v) is 12.1. The van der Waals surface area contributed by atoms with Crippen molar-refractivity contribution in [2.24, 2.45) is 34.0 Å². The second kappa shape index (κ2) is 9.09. The zero-order valence-corrected chi connectivity index (χ0v) is 22.7. The van der Waals surface area contributed by atoms with Crippen LogP contribution in [-0.4, -0.2) is 59.4 Å². The quantitative estimate of drug-likeness (QED) is 0.600. The van der Waals surface area contributed by atoms with Gasteiger partial charge in [0.15, 0.2) is 17.2 Å². The summed E-state index contributed by atoms with van der Waals surface area (Å²) < 4.78 is 33.1.